The first-order valence-corrected chi connectivity index (χ1v) is 11.0. The van der Waals surface area contributed by atoms with Gasteiger partial charge in [0.25, 0.3) is 5.91 Å². The molecule has 0 radical (unpaired) electrons. The van der Waals surface area contributed by atoms with Crippen LogP contribution in [0.15, 0.2) is 53.4 Å². The summed E-state index contributed by atoms with van der Waals surface area (Å²) in [5.74, 6) is -0.767. The van der Waals surface area contributed by atoms with Crippen molar-refractivity contribution in [3.63, 3.8) is 0 Å². The van der Waals surface area contributed by atoms with E-state index in [1.165, 1.54) is 21.7 Å². The van der Waals surface area contributed by atoms with Crippen molar-refractivity contribution in [2.24, 2.45) is 5.14 Å². The van der Waals surface area contributed by atoms with Crippen LogP contribution in [0.25, 0.3) is 5.69 Å². The van der Waals surface area contributed by atoms with E-state index in [1.807, 2.05) is 0 Å². The van der Waals surface area contributed by atoms with Crippen molar-refractivity contribution in [3.05, 3.63) is 76.9 Å². The van der Waals surface area contributed by atoms with E-state index in [0.717, 1.165) is 17.7 Å². The Labute approximate surface area is 174 Å². The first-order valence-electron chi connectivity index (χ1n) is 9.49. The number of amides is 1. The highest BCUT2D eigenvalue weighted by molar-refractivity contribution is 7.89. The minimum atomic E-state index is -3.92. The van der Waals surface area contributed by atoms with Crippen molar-refractivity contribution in [2.45, 2.75) is 30.7 Å². The van der Waals surface area contributed by atoms with Gasteiger partial charge in [0.05, 0.1) is 4.90 Å². The number of carbonyl (C=O) groups is 1. The number of nitrogens with two attached hydrogens (primary N) is 1. The smallest absolute Gasteiger partial charge is 0.274 e. The largest absolute Gasteiger partial charge is 0.336 e. The van der Waals surface area contributed by atoms with E-state index in [9.17, 15) is 17.6 Å². The number of hydrogen-bond acceptors (Lipinski definition) is 4. The van der Waals surface area contributed by atoms with Gasteiger partial charge < -0.3 is 4.90 Å². The summed E-state index contributed by atoms with van der Waals surface area (Å²) in [5.41, 5.74) is 2.64. The van der Waals surface area contributed by atoms with Crippen LogP contribution in [-0.4, -0.2) is 36.1 Å². The Balaban J connectivity index is 1.68. The fourth-order valence-corrected chi connectivity index (χ4v) is 4.62. The standard InChI is InChI=1S/C21H21FN4O3S/c1-25(13-14-7-2-5-12-19(14)30(23,28)29)21(27)20-15-8-6-11-17(15)26(24-20)18-10-4-3-9-16(18)22/h2-5,7,9-10,12H,6,8,11,13H2,1H3,(H2,23,28,29). The highest BCUT2D eigenvalue weighted by Gasteiger charge is 2.29. The third-order valence-electron chi connectivity index (χ3n) is 5.25. The molecule has 0 saturated heterocycles. The molecule has 0 unspecified atom stereocenters. The molecule has 2 N–H and O–H groups in total. The first kappa shape index (κ1) is 20.2. The summed E-state index contributed by atoms with van der Waals surface area (Å²) in [4.78, 5) is 14.6. The van der Waals surface area contributed by atoms with Gasteiger partial charge in [-0.25, -0.2) is 22.6 Å². The number of primary sulfonamides is 1. The second kappa shape index (κ2) is 7.66. The second-order valence-corrected chi connectivity index (χ2v) is 8.83. The molecule has 2 aromatic carbocycles. The average molecular weight is 428 g/mol. The zero-order valence-electron chi connectivity index (χ0n) is 16.4. The van der Waals surface area contributed by atoms with Crippen LogP contribution in [0.2, 0.25) is 0 Å². The number of carbonyl (C=O) groups excluding carboxylic acids is 1. The number of para-hydroxylation sites is 1. The zero-order chi connectivity index (χ0) is 21.5. The zero-order valence-corrected chi connectivity index (χ0v) is 17.2. The molecular formula is C21H21FN4O3S. The van der Waals surface area contributed by atoms with Crippen molar-refractivity contribution >= 4 is 15.9 Å². The normalized spacial score (nSPS) is 13.3. The van der Waals surface area contributed by atoms with E-state index in [1.54, 1.807) is 43.4 Å². The van der Waals surface area contributed by atoms with E-state index in [-0.39, 0.29) is 23.0 Å². The quantitative estimate of drug-likeness (QED) is 0.675. The van der Waals surface area contributed by atoms with Crippen LogP contribution in [0, 0.1) is 5.82 Å². The maximum absolute atomic E-state index is 14.3. The van der Waals surface area contributed by atoms with Gasteiger partial charge in [-0.1, -0.05) is 30.3 Å². The Morgan fingerprint density at radius 2 is 1.87 bits per heavy atom. The number of halogens is 1. The van der Waals surface area contributed by atoms with E-state index in [4.69, 9.17) is 5.14 Å². The van der Waals surface area contributed by atoms with Crippen LogP contribution >= 0.6 is 0 Å². The summed E-state index contributed by atoms with van der Waals surface area (Å²) in [6.07, 6.45) is 2.26. The van der Waals surface area contributed by atoms with E-state index < -0.39 is 15.8 Å². The van der Waals surface area contributed by atoms with Gasteiger partial charge in [0.1, 0.15) is 11.5 Å². The van der Waals surface area contributed by atoms with Crippen LogP contribution in [0.3, 0.4) is 0 Å². The summed E-state index contributed by atoms with van der Waals surface area (Å²) in [5, 5.41) is 9.73. The molecule has 4 rings (SSSR count). The van der Waals surface area contributed by atoms with Gasteiger partial charge in [-0.05, 0) is 43.0 Å². The summed E-state index contributed by atoms with van der Waals surface area (Å²) in [6.45, 7) is 0.0484. The Bertz CT molecular complexity index is 1240. The van der Waals surface area contributed by atoms with Crippen molar-refractivity contribution in [3.8, 4) is 5.69 Å². The molecule has 1 heterocycles. The first-order chi connectivity index (χ1) is 14.3. The van der Waals surface area contributed by atoms with Crippen molar-refractivity contribution < 1.29 is 17.6 Å². The number of nitrogens with zero attached hydrogens (tertiary/aromatic N) is 3. The SMILES string of the molecule is CN(Cc1ccccc1S(N)(=O)=O)C(=O)c1nn(-c2ccccc2F)c2c1CCC2. The van der Waals surface area contributed by atoms with Crippen molar-refractivity contribution in [2.75, 3.05) is 7.05 Å². The van der Waals surface area contributed by atoms with Gasteiger partial charge in [0.2, 0.25) is 10.0 Å². The lowest BCUT2D eigenvalue weighted by Crippen LogP contribution is -2.28. The van der Waals surface area contributed by atoms with E-state index in [2.05, 4.69) is 5.10 Å². The van der Waals surface area contributed by atoms with Crippen LogP contribution in [-0.2, 0) is 29.4 Å². The number of benzene rings is 2. The Kier molecular flexibility index (Phi) is 5.17. The molecule has 1 aliphatic carbocycles. The fourth-order valence-electron chi connectivity index (χ4n) is 3.85. The minimum absolute atomic E-state index is 0.0215. The topological polar surface area (TPSA) is 98.3 Å². The maximum atomic E-state index is 14.3. The Hall–Kier alpha value is -3.04. The van der Waals surface area contributed by atoms with Gasteiger partial charge in [0.15, 0.2) is 5.69 Å². The second-order valence-electron chi connectivity index (χ2n) is 7.30. The van der Waals surface area contributed by atoms with Gasteiger partial charge in [-0.3, -0.25) is 4.79 Å². The van der Waals surface area contributed by atoms with Gasteiger partial charge >= 0.3 is 0 Å². The number of hydrogen-bond donors (Lipinski definition) is 1. The van der Waals surface area contributed by atoms with Gasteiger partial charge in [-0.2, -0.15) is 5.10 Å². The molecule has 0 aliphatic heterocycles. The van der Waals surface area contributed by atoms with Crippen LogP contribution in [0.5, 0.6) is 0 Å². The average Bonchev–Trinajstić information content (AvgIpc) is 3.30. The molecule has 0 saturated carbocycles. The molecule has 7 nitrogen and oxygen atoms in total. The summed E-state index contributed by atoms with van der Waals surface area (Å²) in [7, 11) is -2.34. The fraction of sp³-hybridized carbons (Fsp3) is 0.238. The Morgan fingerprint density at radius 3 is 2.60 bits per heavy atom. The number of rotatable bonds is 5. The van der Waals surface area contributed by atoms with Gasteiger partial charge in [-0.15, -0.1) is 0 Å². The lowest BCUT2D eigenvalue weighted by Gasteiger charge is -2.18. The van der Waals surface area contributed by atoms with Crippen molar-refractivity contribution in [1.29, 1.82) is 0 Å². The molecule has 3 aromatic rings. The highest BCUT2D eigenvalue weighted by atomic mass is 32.2. The molecule has 0 atom stereocenters. The maximum Gasteiger partial charge on any atom is 0.274 e. The molecule has 30 heavy (non-hydrogen) atoms. The lowest BCUT2D eigenvalue weighted by atomic mass is 10.1. The highest BCUT2D eigenvalue weighted by Crippen LogP contribution is 2.29. The molecule has 1 aromatic heterocycles. The predicted molar refractivity (Wildman–Crippen MR) is 109 cm³/mol. The number of fused-ring (bicyclic) bond motifs is 1. The van der Waals surface area contributed by atoms with E-state index in [0.29, 0.717) is 24.1 Å². The molecular weight excluding hydrogens is 407 g/mol. The summed E-state index contributed by atoms with van der Waals surface area (Å²) < 4.78 is 39.5. The minimum Gasteiger partial charge on any atom is -0.336 e. The monoisotopic (exact) mass is 428 g/mol. The van der Waals surface area contributed by atoms with Crippen molar-refractivity contribution in [1.82, 2.24) is 14.7 Å². The van der Waals surface area contributed by atoms with E-state index >= 15 is 0 Å². The molecule has 156 valence electrons. The lowest BCUT2D eigenvalue weighted by molar-refractivity contribution is 0.0776. The van der Waals surface area contributed by atoms with Crippen LogP contribution in [0.4, 0.5) is 4.39 Å². The van der Waals surface area contributed by atoms with Crippen LogP contribution < -0.4 is 5.14 Å². The van der Waals surface area contributed by atoms with Gasteiger partial charge in [0, 0.05) is 24.8 Å². The third kappa shape index (κ3) is 3.61. The molecule has 0 fully saturated rings. The number of aromatic nitrogens is 2. The molecule has 9 heteroatoms. The predicted octanol–water partition coefficient (Wildman–Crippen LogP) is 2.42. The molecule has 0 bridgehead atoms. The van der Waals surface area contributed by atoms with Crippen LogP contribution in [0.1, 0.15) is 33.7 Å². The molecule has 0 spiro atoms. The molecule has 1 aliphatic rings. The number of sulfonamides is 1. The third-order valence-corrected chi connectivity index (χ3v) is 6.26. The molecule has 1 amide bonds. The summed E-state index contributed by atoms with van der Waals surface area (Å²) >= 11 is 0. The Morgan fingerprint density at radius 1 is 1.17 bits per heavy atom. The summed E-state index contributed by atoms with van der Waals surface area (Å²) in [6, 6.07) is 12.6.